The molecule has 1 aliphatic heterocycles. The Hall–Kier alpha value is -3.39. The molecule has 178 valence electrons. The van der Waals surface area contributed by atoms with E-state index in [0.29, 0.717) is 30.5 Å². The summed E-state index contributed by atoms with van der Waals surface area (Å²) in [6.45, 7) is 3.35. The predicted octanol–water partition coefficient (Wildman–Crippen LogP) is 4.83. The van der Waals surface area contributed by atoms with E-state index >= 15 is 0 Å². The zero-order valence-corrected chi connectivity index (χ0v) is 20.0. The SMILES string of the molecule is CC(=N)N1CCC[C@H]1CCOc1ccc(C(Cc2cc3cc(C(=N)N)ccc3s2)C(=O)O)cc1. The highest BCUT2D eigenvalue weighted by atomic mass is 32.1. The number of aliphatic carboxylic acids is 1. The second-order valence-corrected chi connectivity index (χ2v) is 9.92. The Kier molecular flexibility index (Phi) is 7.17. The van der Waals surface area contributed by atoms with Crippen molar-refractivity contribution in [3.8, 4) is 5.75 Å². The normalized spacial score (nSPS) is 16.5. The fourth-order valence-corrected chi connectivity index (χ4v) is 5.69. The fourth-order valence-electron chi connectivity index (χ4n) is 4.60. The Morgan fingerprint density at radius 1 is 1.24 bits per heavy atom. The molecule has 1 saturated heterocycles. The molecule has 4 rings (SSSR count). The van der Waals surface area contributed by atoms with Gasteiger partial charge in [-0.15, -0.1) is 11.3 Å². The van der Waals surface area contributed by atoms with E-state index in [0.717, 1.165) is 52.1 Å². The van der Waals surface area contributed by atoms with Crippen LogP contribution in [0.1, 0.15) is 48.1 Å². The molecule has 1 fully saturated rings. The van der Waals surface area contributed by atoms with Crippen LogP contribution in [0.3, 0.4) is 0 Å². The highest BCUT2D eigenvalue weighted by Gasteiger charge is 2.25. The molecular weight excluding hydrogens is 448 g/mol. The quantitative estimate of drug-likeness (QED) is 0.259. The number of nitrogen functional groups attached to an aromatic ring is 1. The number of rotatable bonds is 9. The number of benzene rings is 2. The number of amidine groups is 2. The number of carbonyl (C=O) groups is 1. The number of likely N-dealkylation sites (tertiary alicyclic amines) is 1. The van der Waals surface area contributed by atoms with Crippen molar-refractivity contribution in [3.63, 3.8) is 0 Å². The van der Waals surface area contributed by atoms with Crippen LogP contribution in [0, 0.1) is 10.8 Å². The molecule has 0 saturated carbocycles. The van der Waals surface area contributed by atoms with Crippen molar-refractivity contribution in [1.29, 1.82) is 10.8 Å². The summed E-state index contributed by atoms with van der Waals surface area (Å²) in [5, 5.41) is 26.4. The predicted molar refractivity (Wildman–Crippen MR) is 137 cm³/mol. The molecule has 5 N–H and O–H groups in total. The van der Waals surface area contributed by atoms with E-state index in [-0.39, 0.29) is 5.84 Å². The number of ether oxygens (including phenoxy) is 1. The van der Waals surface area contributed by atoms with Crippen molar-refractivity contribution in [2.24, 2.45) is 5.73 Å². The molecule has 1 aliphatic rings. The summed E-state index contributed by atoms with van der Waals surface area (Å²) in [7, 11) is 0. The summed E-state index contributed by atoms with van der Waals surface area (Å²) in [5.74, 6) is -0.159. The van der Waals surface area contributed by atoms with E-state index in [2.05, 4.69) is 4.90 Å². The number of nitrogens with two attached hydrogens (primary N) is 1. The Bertz CT molecular complexity index is 1200. The van der Waals surface area contributed by atoms with Crippen LogP contribution in [-0.2, 0) is 11.2 Å². The monoisotopic (exact) mass is 478 g/mol. The summed E-state index contributed by atoms with van der Waals surface area (Å²) in [6.07, 6.45) is 3.47. The number of nitrogens with one attached hydrogen (secondary N) is 2. The van der Waals surface area contributed by atoms with Crippen molar-refractivity contribution in [1.82, 2.24) is 4.90 Å². The van der Waals surface area contributed by atoms with Crippen molar-refractivity contribution >= 4 is 39.1 Å². The van der Waals surface area contributed by atoms with E-state index < -0.39 is 11.9 Å². The van der Waals surface area contributed by atoms with Crippen LogP contribution in [0.25, 0.3) is 10.1 Å². The molecular formula is C26H30N4O3S. The number of carboxylic acid groups (broad SMARTS) is 1. The lowest BCUT2D eigenvalue weighted by Crippen LogP contribution is -2.34. The third-order valence-corrected chi connectivity index (χ3v) is 7.53. The van der Waals surface area contributed by atoms with Gasteiger partial charge in [0, 0.05) is 34.1 Å². The molecule has 0 radical (unpaired) electrons. The van der Waals surface area contributed by atoms with Crippen LogP contribution in [-0.4, -0.2) is 46.8 Å². The topological polar surface area (TPSA) is 123 Å². The van der Waals surface area contributed by atoms with Crippen molar-refractivity contribution in [2.45, 2.75) is 44.6 Å². The average molecular weight is 479 g/mol. The zero-order valence-electron chi connectivity index (χ0n) is 19.2. The number of nitrogens with zero attached hydrogens (tertiary/aromatic N) is 1. The van der Waals surface area contributed by atoms with Gasteiger partial charge in [-0.1, -0.05) is 12.1 Å². The number of thiophene rings is 1. The number of hydrogen-bond donors (Lipinski definition) is 4. The molecule has 0 amide bonds. The molecule has 1 aromatic heterocycles. The Morgan fingerprint density at radius 3 is 2.68 bits per heavy atom. The smallest absolute Gasteiger partial charge is 0.311 e. The zero-order chi connectivity index (χ0) is 24.2. The maximum atomic E-state index is 12.1. The molecule has 7 nitrogen and oxygen atoms in total. The van der Waals surface area contributed by atoms with Crippen LogP contribution < -0.4 is 10.5 Å². The van der Waals surface area contributed by atoms with E-state index in [1.807, 2.05) is 55.5 Å². The van der Waals surface area contributed by atoms with Gasteiger partial charge in [0.15, 0.2) is 0 Å². The molecule has 0 aliphatic carbocycles. The third kappa shape index (κ3) is 5.39. The van der Waals surface area contributed by atoms with Gasteiger partial charge in [-0.05, 0) is 73.5 Å². The van der Waals surface area contributed by atoms with Gasteiger partial charge in [0.1, 0.15) is 11.6 Å². The first-order valence-corrected chi connectivity index (χ1v) is 12.3. The third-order valence-electron chi connectivity index (χ3n) is 6.39. The fraction of sp³-hybridized carbons (Fsp3) is 0.346. The minimum Gasteiger partial charge on any atom is -0.494 e. The van der Waals surface area contributed by atoms with Crippen molar-refractivity contribution < 1.29 is 14.6 Å². The first-order valence-electron chi connectivity index (χ1n) is 11.5. The summed E-state index contributed by atoms with van der Waals surface area (Å²) >= 11 is 1.57. The molecule has 0 spiro atoms. The lowest BCUT2D eigenvalue weighted by Gasteiger charge is -2.25. The van der Waals surface area contributed by atoms with Crippen LogP contribution in [0.4, 0.5) is 0 Å². The van der Waals surface area contributed by atoms with Gasteiger partial charge in [0.25, 0.3) is 0 Å². The van der Waals surface area contributed by atoms with Gasteiger partial charge in [0.05, 0.1) is 18.4 Å². The number of hydrogen-bond acceptors (Lipinski definition) is 5. The molecule has 1 unspecified atom stereocenters. The summed E-state index contributed by atoms with van der Waals surface area (Å²) in [6, 6.07) is 15.3. The average Bonchev–Trinajstić information content (AvgIpc) is 3.44. The minimum atomic E-state index is -0.862. The van der Waals surface area contributed by atoms with E-state index in [1.54, 1.807) is 11.3 Å². The van der Waals surface area contributed by atoms with Gasteiger partial charge in [0.2, 0.25) is 0 Å². The van der Waals surface area contributed by atoms with Gasteiger partial charge in [-0.25, -0.2) is 0 Å². The lowest BCUT2D eigenvalue weighted by atomic mass is 9.95. The highest BCUT2D eigenvalue weighted by molar-refractivity contribution is 7.19. The van der Waals surface area contributed by atoms with Crippen LogP contribution in [0.5, 0.6) is 5.75 Å². The number of carboxylic acids is 1. The van der Waals surface area contributed by atoms with Crippen molar-refractivity contribution in [3.05, 3.63) is 64.5 Å². The maximum Gasteiger partial charge on any atom is 0.311 e. The van der Waals surface area contributed by atoms with E-state index in [9.17, 15) is 9.90 Å². The van der Waals surface area contributed by atoms with Gasteiger partial charge < -0.3 is 20.5 Å². The second-order valence-electron chi connectivity index (χ2n) is 8.75. The second kappa shape index (κ2) is 10.3. The Morgan fingerprint density at radius 2 is 2.00 bits per heavy atom. The summed E-state index contributed by atoms with van der Waals surface area (Å²) in [4.78, 5) is 15.2. The number of fused-ring (bicyclic) bond motifs is 1. The maximum absolute atomic E-state index is 12.1. The van der Waals surface area contributed by atoms with Crippen LogP contribution in [0.2, 0.25) is 0 Å². The molecule has 0 bridgehead atoms. The molecule has 2 atom stereocenters. The Balaban J connectivity index is 1.39. The van der Waals surface area contributed by atoms with Crippen LogP contribution in [0.15, 0.2) is 48.5 Å². The highest BCUT2D eigenvalue weighted by Crippen LogP contribution is 2.32. The summed E-state index contributed by atoms with van der Waals surface area (Å²) in [5.41, 5.74) is 6.99. The largest absolute Gasteiger partial charge is 0.494 e. The van der Waals surface area contributed by atoms with E-state index in [4.69, 9.17) is 21.3 Å². The standard InChI is InChI=1S/C26H30N4O3S/c1-16(27)30-11-2-3-20(30)10-12-33-21-7-4-17(5-8-21)23(26(31)32)15-22-14-19-13-18(25(28)29)6-9-24(19)34-22/h4-9,13-14,20,23,27H,2-3,10-12,15H2,1H3,(H3,28,29)(H,31,32)/t20-,23?/m0/s1. The first kappa shape index (κ1) is 23.8. The van der Waals surface area contributed by atoms with Crippen LogP contribution >= 0.6 is 11.3 Å². The first-order chi connectivity index (χ1) is 16.3. The van der Waals surface area contributed by atoms with Gasteiger partial charge in [-0.3, -0.25) is 15.6 Å². The molecule has 8 heteroatoms. The Labute approximate surface area is 203 Å². The molecule has 2 heterocycles. The van der Waals surface area contributed by atoms with Gasteiger partial charge in [-0.2, -0.15) is 0 Å². The van der Waals surface area contributed by atoms with Crippen molar-refractivity contribution in [2.75, 3.05) is 13.2 Å². The minimum absolute atomic E-state index is 0.0192. The molecule has 34 heavy (non-hydrogen) atoms. The van der Waals surface area contributed by atoms with Gasteiger partial charge >= 0.3 is 5.97 Å². The molecule has 3 aromatic rings. The van der Waals surface area contributed by atoms with E-state index in [1.165, 1.54) is 0 Å². The molecule has 2 aromatic carbocycles. The lowest BCUT2D eigenvalue weighted by molar-refractivity contribution is -0.138. The summed E-state index contributed by atoms with van der Waals surface area (Å²) < 4.78 is 6.96.